The minimum atomic E-state index is -0.106. The van der Waals surface area contributed by atoms with Crippen molar-refractivity contribution in [2.45, 2.75) is 46.5 Å². The first-order valence-corrected chi connectivity index (χ1v) is 7.95. The lowest BCUT2D eigenvalue weighted by Gasteiger charge is -2.21. The summed E-state index contributed by atoms with van der Waals surface area (Å²) in [7, 11) is 0. The second kappa shape index (κ2) is 7.38. The van der Waals surface area contributed by atoms with Crippen LogP contribution in [0.2, 0.25) is 0 Å². The standard InChI is InChI=1S/C16H26N4O/c1-12(2)11-17-15(21)14-10-13(3)18-16(19-14)20-8-6-4-5-7-9-20/h10,12H,4-9,11H2,1-3H3,(H,17,21). The molecule has 5 nitrogen and oxygen atoms in total. The summed E-state index contributed by atoms with van der Waals surface area (Å²) in [6.45, 7) is 8.71. The van der Waals surface area contributed by atoms with E-state index in [1.54, 1.807) is 6.07 Å². The van der Waals surface area contributed by atoms with E-state index in [1.165, 1.54) is 25.7 Å². The average molecular weight is 290 g/mol. The Morgan fingerprint density at radius 2 is 1.90 bits per heavy atom. The van der Waals surface area contributed by atoms with Gasteiger partial charge in [-0.2, -0.15) is 0 Å². The highest BCUT2D eigenvalue weighted by atomic mass is 16.1. The Bertz CT molecular complexity index is 479. The Labute approximate surface area is 127 Å². The Balaban J connectivity index is 2.14. The van der Waals surface area contributed by atoms with Crippen molar-refractivity contribution in [1.29, 1.82) is 0 Å². The molecule has 0 saturated carbocycles. The first-order valence-electron chi connectivity index (χ1n) is 7.95. The van der Waals surface area contributed by atoms with E-state index in [9.17, 15) is 4.79 Å². The summed E-state index contributed by atoms with van der Waals surface area (Å²) >= 11 is 0. The third-order valence-electron chi connectivity index (χ3n) is 3.63. The molecule has 2 heterocycles. The maximum Gasteiger partial charge on any atom is 0.270 e. The van der Waals surface area contributed by atoms with Gasteiger partial charge in [0.1, 0.15) is 5.69 Å². The highest BCUT2D eigenvalue weighted by Gasteiger charge is 2.16. The van der Waals surface area contributed by atoms with Crippen molar-refractivity contribution in [3.05, 3.63) is 17.5 Å². The van der Waals surface area contributed by atoms with Crippen molar-refractivity contribution in [2.75, 3.05) is 24.5 Å². The normalized spacial score (nSPS) is 15.9. The number of hydrogen-bond acceptors (Lipinski definition) is 4. The van der Waals surface area contributed by atoms with Gasteiger partial charge < -0.3 is 10.2 Å². The fourth-order valence-electron chi connectivity index (χ4n) is 2.47. The molecule has 5 heteroatoms. The fourth-order valence-corrected chi connectivity index (χ4v) is 2.47. The maximum atomic E-state index is 12.2. The molecule has 1 aromatic rings. The number of carbonyl (C=O) groups is 1. The van der Waals surface area contributed by atoms with Crippen LogP contribution in [-0.4, -0.2) is 35.5 Å². The summed E-state index contributed by atoms with van der Waals surface area (Å²) in [4.78, 5) is 23.4. The number of nitrogens with zero attached hydrogens (tertiary/aromatic N) is 3. The highest BCUT2D eigenvalue weighted by molar-refractivity contribution is 5.92. The van der Waals surface area contributed by atoms with E-state index in [0.29, 0.717) is 24.1 Å². The van der Waals surface area contributed by atoms with Gasteiger partial charge in [0.2, 0.25) is 5.95 Å². The Morgan fingerprint density at radius 1 is 1.24 bits per heavy atom. The summed E-state index contributed by atoms with van der Waals surface area (Å²) in [5, 5.41) is 2.92. The Hall–Kier alpha value is -1.65. The summed E-state index contributed by atoms with van der Waals surface area (Å²) in [6.07, 6.45) is 4.88. The number of aromatic nitrogens is 2. The summed E-state index contributed by atoms with van der Waals surface area (Å²) in [5.41, 5.74) is 1.32. The largest absolute Gasteiger partial charge is 0.350 e. The van der Waals surface area contributed by atoms with E-state index in [4.69, 9.17) is 0 Å². The van der Waals surface area contributed by atoms with Crippen molar-refractivity contribution in [3.8, 4) is 0 Å². The molecule has 0 unspecified atom stereocenters. The quantitative estimate of drug-likeness (QED) is 0.926. The van der Waals surface area contributed by atoms with Gasteiger partial charge in [0.15, 0.2) is 0 Å². The van der Waals surface area contributed by atoms with Crippen molar-refractivity contribution in [3.63, 3.8) is 0 Å². The van der Waals surface area contributed by atoms with Gasteiger partial charge in [0, 0.05) is 25.3 Å². The second-order valence-electron chi connectivity index (χ2n) is 6.20. The van der Waals surface area contributed by atoms with Crippen LogP contribution < -0.4 is 10.2 Å². The van der Waals surface area contributed by atoms with Gasteiger partial charge in [0.05, 0.1) is 0 Å². The monoisotopic (exact) mass is 290 g/mol. The van der Waals surface area contributed by atoms with Crippen LogP contribution in [-0.2, 0) is 0 Å². The van der Waals surface area contributed by atoms with Crippen molar-refractivity contribution >= 4 is 11.9 Å². The minimum Gasteiger partial charge on any atom is -0.350 e. The van der Waals surface area contributed by atoms with E-state index in [1.807, 2.05) is 6.92 Å². The molecule has 1 aliphatic rings. The lowest BCUT2D eigenvalue weighted by Crippen LogP contribution is -2.30. The smallest absolute Gasteiger partial charge is 0.270 e. The SMILES string of the molecule is Cc1cc(C(=O)NCC(C)C)nc(N2CCCCCC2)n1. The number of rotatable bonds is 4. The zero-order chi connectivity index (χ0) is 15.2. The van der Waals surface area contributed by atoms with Gasteiger partial charge in [-0.05, 0) is 31.7 Å². The summed E-state index contributed by atoms with van der Waals surface area (Å²) in [5.74, 6) is 1.03. The number of hydrogen-bond donors (Lipinski definition) is 1. The van der Waals surface area contributed by atoms with Crippen LogP contribution in [0.4, 0.5) is 5.95 Å². The van der Waals surface area contributed by atoms with E-state index in [0.717, 1.165) is 18.8 Å². The van der Waals surface area contributed by atoms with E-state index in [-0.39, 0.29) is 5.91 Å². The van der Waals surface area contributed by atoms with Crippen molar-refractivity contribution < 1.29 is 4.79 Å². The van der Waals surface area contributed by atoms with Crippen molar-refractivity contribution in [1.82, 2.24) is 15.3 Å². The van der Waals surface area contributed by atoms with Crippen LogP contribution in [0.15, 0.2) is 6.07 Å². The first kappa shape index (κ1) is 15.7. The molecule has 1 amide bonds. The maximum absolute atomic E-state index is 12.2. The fraction of sp³-hybridized carbons (Fsp3) is 0.688. The molecule has 1 N–H and O–H groups in total. The number of aryl methyl sites for hydroxylation is 1. The van der Waals surface area contributed by atoms with Crippen LogP contribution in [0.1, 0.15) is 55.7 Å². The molecule has 1 aromatic heterocycles. The lowest BCUT2D eigenvalue weighted by atomic mass is 10.2. The van der Waals surface area contributed by atoms with E-state index in [2.05, 4.69) is 34.0 Å². The Kier molecular flexibility index (Phi) is 5.53. The Morgan fingerprint density at radius 3 is 2.52 bits per heavy atom. The van der Waals surface area contributed by atoms with Gasteiger partial charge in [-0.1, -0.05) is 26.7 Å². The van der Waals surface area contributed by atoms with Gasteiger partial charge in [0.25, 0.3) is 5.91 Å². The lowest BCUT2D eigenvalue weighted by molar-refractivity contribution is 0.0944. The number of carbonyl (C=O) groups excluding carboxylic acids is 1. The molecule has 0 spiro atoms. The van der Waals surface area contributed by atoms with E-state index >= 15 is 0 Å². The second-order valence-corrected chi connectivity index (χ2v) is 6.20. The number of anilines is 1. The van der Waals surface area contributed by atoms with Crippen LogP contribution in [0.5, 0.6) is 0 Å². The third kappa shape index (κ3) is 4.69. The predicted octanol–water partition coefficient (Wildman–Crippen LogP) is 2.55. The molecular weight excluding hydrogens is 264 g/mol. The topological polar surface area (TPSA) is 58.1 Å². The van der Waals surface area contributed by atoms with Crippen LogP contribution >= 0.6 is 0 Å². The van der Waals surface area contributed by atoms with Gasteiger partial charge >= 0.3 is 0 Å². The molecule has 0 radical (unpaired) electrons. The molecule has 0 atom stereocenters. The molecule has 116 valence electrons. The van der Waals surface area contributed by atoms with E-state index < -0.39 is 0 Å². The van der Waals surface area contributed by atoms with Gasteiger partial charge in [-0.15, -0.1) is 0 Å². The summed E-state index contributed by atoms with van der Waals surface area (Å²) < 4.78 is 0. The molecule has 1 aliphatic heterocycles. The highest BCUT2D eigenvalue weighted by Crippen LogP contribution is 2.16. The zero-order valence-corrected chi connectivity index (χ0v) is 13.4. The van der Waals surface area contributed by atoms with Crippen LogP contribution in [0.25, 0.3) is 0 Å². The average Bonchev–Trinajstić information content (AvgIpc) is 2.73. The third-order valence-corrected chi connectivity index (χ3v) is 3.63. The number of nitrogens with one attached hydrogen (secondary N) is 1. The molecule has 0 aliphatic carbocycles. The van der Waals surface area contributed by atoms with Crippen LogP contribution in [0.3, 0.4) is 0 Å². The molecular formula is C16H26N4O. The molecule has 1 saturated heterocycles. The first-order chi connectivity index (χ1) is 10.1. The van der Waals surface area contributed by atoms with Crippen molar-refractivity contribution in [2.24, 2.45) is 5.92 Å². The molecule has 0 aromatic carbocycles. The van der Waals surface area contributed by atoms with Gasteiger partial charge in [-0.3, -0.25) is 4.79 Å². The van der Waals surface area contributed by atoms with Gasteiger partial charge in [-0.25, -0.2) is 9.97 Å². The van der Waals surface area contributed by atoms with Crippen LogP contribution in [0, 0.1) is 12.8 Å². The number of amides is 1. The zero-order valence-electron chi connectivity index (χ0n) is 13.4. The molecule has 21 heavy (non-hydrogen) atoms. The molecule has 0 bridgehead atoms. The predicted molar refractivity (Wildman–Crippen MR) is 84.6 cm³/mol. The summed E-state index contributed by atoms with van der Waals surface area (Å²) in [6, 6.07) is 1.76. The molecule has 1 fully saturated rings. The molecule has 2 rings (SSSR count). The minimum absolute atomic E-state index is 0.106.